The molecule has 14 heavy (non-hydrogen) atoms. The first kappa shape index (κ1) is 12.0. The lowest BCUT2D eigenvalue weighted by Crippen LogP contribution is -2.41. The van der Waals surface area contributed by atoms with E-state index in [9.17, 15) is 0 Å². The van der Waals surface area contributed by atoms with Crippen molar-refractivity contribution in [2.24, 2.45) is 5.92 Å². The largest absolute Gasteiger partial charge is 0.380 e. The van der Waals surface area contributed by atoms with Crippen LogP contribution in [0, 0.1) is 5.92 Å². The van der Waals surface area contributed by atoms with Gasteiger partial charge in [0.2, 0.25) is 0 Å². The summed E-state index contributed by atoms with van der Waals surface area (Å²) in [6.45, 7) is 8.73. The van der Waals surface area contributed by atoms with E-state index in [1.807, 2.05) is 0 Å². The van der Waals surface area contributed by atoms with Crippen molar-refractivity contribution in [3.05, 3.63) is 0 Å². The van der Waals surface area contributed by atoms with Gasteiger partial charge in [0, 0.05) is 18.7 Å². The smallest absolute Gasteiger partial charge is 0.0619 e. The molecular weight excluding hydrogens is 174 g/mol. The molecule has 1 rings (SSSR count). The summed E-state index contributed by atoms with van der Waals surface area (Å²) in [5, 5.41) is 3.65. The van der Waals surface area contributed by atoms with E-state index in [4.69, 9.17) is 4.74 Å². The Morgan fingerprint density at radius 2 is 2.07 bits per heavy atom. The normalized spacial score (nSPS) is 25.3. The Morgan fingerprint density at radius 1 is 1.29 bits per heavy atom. The number of hydrogen-bond donors (Lipinski definition) is 1. The molecule has 2 nitrogen and oxygen atoms in total. The van der Waals surface area contributed by atoms with E-state index in [0.717, 1.165) is 19.1 Å². The standard InChI is InChI=1S/C12H25NO/c1-10(2)6-7-11(3)13-12-5-4-8-14-9-12/h10-13H,4-9H2,1-3H3. The van der Waals surface area contributed by atoms with Gasteiger partial charge in [-0.1, -0.05) is 13.8 Å². The molecule has 2 unspecified atom stereocenters. The second kappa shape index (κ2) is 6.41. The van der Waals surface area contributed by atoms with Crippen LogP contribution in [-0.4, -0.2) is 25.3 Å². The molecule has 0 aliphatic carbocycles. The molecule has 2 atom stereocenters. The van der Waals surface area contributed by atoms with Crippen LogP contribution in [0.4, 0.5) is 0 Å². The fourth-order valence-corrected chi connectivity index (χ4v) is 1.94. The molecule has 1 N–H and O–H groups in total. The van der Waals surface area contributed by atoms with Gasteiger partial charge in [0.25, 0.3) is 0 Å². The molecule has 0 saturated carbocycles. The zero-order valence-electron chi connectivity index (χ0n) is 9.88. The molecule has 1 fully saturated rings. The minimum Gasteiger partial charge on any atom is -0.380 e. The predicted molar refractivity (Wildman–Crippen MR) is 60.5 cm³/mol. The van der Waals surface area contributed by atoms with Gasteiger partial charge in [-0.25, -0.2) is 0 Å². The van der Waals surface area contributed by atoms with Crippen molar-refractivity contribution >= 4 is 0 Å². The van der Waals surface area contributed by atoms with Crippen molar-refractivity contribution in [2.75, 3.05) is 13.2 Å². The van der Waals surface area contributed by atoms with Crippen molar-refractivity contribution in [1.29, 1.82) is 0 Å². The van der Waals surface area contributed by atoms with Crippen LogP contribution in [-0.2, 0) is 4.74 Å². The summed E-state index contributed by atoms with van der Waals surface area (Å²) < 4.78 is 5.45. The molecule has 0 radical (unpaired) electrons. The lowest BCUT2D eigenvalue weighted by molar-refractivity contribution is 0.0665. The van der Waals surface area contributed by atoms with Gasteiger partial charge >= 0.3 is 0 Å². The zero-order chi connectivity index (χ0) is 10.4. The van der Waals surface area contributed by atoms with E-state index in [1.165, 1.54) is 25.7 Å². The Bertz CT molecular complexity index is 141. The van der Waals surface area contributed by atoms with Crippen LogP contribution in [0.25, 0.3) is 0 Å². The third-order valence-electron chi connectivity index (χ3n) is 2.86. The number of hydrogen-bond acceptors (Lipinski definition) is 2. The second-order valence-electron chi connectivity index (χ2n) is 4.95. The van der Waals surface area contributed by atoms with E-state index in [0.29, 0.717) is 12.1 Å². The van der Waals surface area contributed by atoms with Crippen LogP contribution in [0.3, 0.4) is 0 Å². The van der Waals surface area contributed by atoms with E-state index in [1.54, 1.807) is 0 Å². The summed E-state index contributed by atoms with van der Waals surface area (Å²) in [5.41, 5.74) is 0. The highest BCUT2D eigenvalue weighted by Gasteiger charge is 2.15. The van der Waals surface area contributed by atoms with Crippen LogP contribution in [0.1, 0.15) is 46.5 Å². The lowest BCUT2D eigenvalue weighted by Gasteiger charge is -2.27. The van der Waals surface area contributed by atoms with E-state index in [2.05, 4.69) is 26.1 Å². The monoisotopic (exact) mass is 199 g/mol. The summed E-state index contributed by atoms with van der Waals surface area (Å²) in [4.78, 5) is 0. The summed E-state index contributed by atoms with van der Waals surface area (Å²) >= 11 is 0. The van der Waals surface area contributed by atoms with Crippen molar-refractivity contribution in [3.63, 3.8) is 0 Å². The highest BCUT2D eigenvalue weighted by Crippen LogP contribution is 2.10. The van der Waals surface area contributed by atoms with Gasteiger partial charge in [-0.15, -0.1) is 0 Å². The Balaban J connectivity index is 2.09. The van der Waals surface area contributed by atoms with Crippen LogP contribution < -0.4 is 5.32 Å². The predicted octanol–water partition coefficient (Wildman–Crippen LogP) is 2.58. The first-order valence-electron chi connectivity index (χ1n) is 6.02. The molecule has 0 spiro atoms. The molecule has 0 aromatic carbocycles. The second-order valence-corrected chi connectivity index (χ2v) is 4.95. The van der Waals surface area contributed by atoms with E-state index >= 15 is 0 Å². The van der Waals surface area contributed by atoms with Gasteiger partial charge in [0.1, 0.15) is 0 Å². The van der Waals surface area contributed by atoms with Crippen molar-refractivity contribution in [3.8, 4) is 0 Å². The fourth-order valence-electron chi connectivity index (χ4n) is 1.94. The van der Waals surface area contributed by atoms with Gasteiger partial charge < -0.3 is 10.1 Å². The molecule has 1 heterocycles. The average Bonchev–Trinajstić information content (AvgIpc) is 2.16. The Morgan fingerprint density at radius 3 is 2.64 bits per heavy atom. The van der Waals surface area contributed by atoms with Crippen LogP contribution in [0.2, 0.25) is 0 Å². The molecule has 0 bridgehead atoms. The number of nitrogens with one attached hydrogen (secondary N) is 1. The third-order valence-corrected chi connectivity index (χ3v) is 2.86. The Labute approximate surface area is 88.4 Å². The Hall–Kier alpha value is -0.0800. The molecule has 2 heteroatoms. The average molecular weight is 199 g/mol. The van der Waals surface area contributed by atoms with E-state index < -0.39 is 0 Å². The van der Waals surface area contributed by atoms with Gasteiger partial charge in [-0.05, 0) is 38.5 Å². The molecule has 1 aliphatic rings. The number of ether oxygens (including phenoxy) is 1. The molecule has 1 aliphatic heterocycles. The maximum atomic E-state index is 5.45. The van der Waals surface area contributed by atoms with Gasteiger partial charge in [0.05, 0.1) is 6.61 Å². The molecule has 0 aromatic rings. The lowest BCUT2D eigenvalue weighted by atomic mass is 10.0. The number of rotatable bonds is 5. The minimum atomic E-state index is 0.603. The third kappa shape index (κ3) is 4.97. The quantitative estimate of drug-likeness (QED) is 0.735. The van der Waals surface area contributed by atoms with Crippen LogP contribution >= 0.6 is 0 Å². The fraction of sp³-hybridized carbons (Fsp3) is 1.00. The summed E-state index contributed by atoms with van der Waals surface area (Å²) in [7, 11) is 0. The van der Waals surface area contributed by atoms with E-state index in [-0.39, 0.29) is 0 Å². The first-order chi connectivity index (χ1) is 6.68. The van der Waals surface area contributed by atoms with Crippen LogP contribution in [0.5, 0.6) is 0 Å². The van der Waals surface area contributed by atoms with Crippen molar-refractivity contribution < 1.29 is 4.74 Å². The summed E-state index contributed by atoms with van der Waals surface area (Å²) in [6, 6.07) is 1.25. The van der Waals surface area contributed by atoms with Crippen LogP contribution in [0.15, 0.2) is 0 Å². The summed E-state index contributed by atoms with van der Waals surface area (Å²) in [5.74, 6) is 0.821. The Kier molecular flexibility index (Phi) is 5.49. The van der Waals surface area contributed by atoms with Crippen molar-refractivity contribution in [1.82, 2.24) is 5.32 Å². The molecule has 1 saturated heterocycles. The topological polar surface area (TPSA) is 21.3 Å². The van der Waals surface area contributed by atoms with Gasteiger partial charge in [-0.2, -0.15) is 0 Å². The van der Waals surface area contributed by atoms with Gasteiger partial charge in [-0.3, -0.25) is 0 Å². The maximum Gasteiger partial charge on any atom is 0.0619 e. The zero-order valence-corrected chi connectivity index (χ0v) is 9.88. The van der Waals surface area contributed by atoms with Crippen molar-refractivity contribution in [2.45, 2.75) is 58.5 Å². The molecule has 84 valence electrons. The van der Waals surface area contributed by atoms with Gasteiger partial charge in [0.15, 0.2) is 0 Å². The maximum absolute atomic E-state index is 5.45. The highest BCUT2D eigenvalue weighted by atomic mass is 16.5. The first-order valence-corrected chi connectivity index (χ1v) is 6.02. The summed E-state index contributed by atoms with van der Waals surface area (Å²) in [6.07, 6.45) is 5.11. The molecule has 0 aromatic heterocycles. The minimum absolute atomic E-state index is 0.603. The highest BCUT2D eigenvalue weighted by molar-refractivity contribution is 4.74. The molecular formula is C12H25NO. The molecule has 0 amide bonds. The SMILES string of the molecule is CC(C)CCC(C)NC1CCCOC1.